The highest BCUT2D eigenvalue weighted by molar-refractivity contribution is 6.29. The van der Waals surface area contributed by atoms with Crippen LogP contribution in [0.15, 0.2) is 36.7 Å². The van der Waals surface area contributed by atoms with Crippen LogP contribution in [0.1, 0.15) is 38.5 Å². The molecule has 6 nitrogen and oxygen atoms in total. The first-order valence-corrected chi connectivity index (χ1v) is 11.9. The van der Waals surface area contributed by atoms with E-state index in [9.17, 15) is 0 Å². The number of piperidine rings is 1. The summed E-state index contributed by atoms with van der Waals surface area (Å²) in [5.41, 5.74) is 3.03. The van der Waals surface area contributed by atoms with Crippen molar-refractivity contribution in [2.45, 2.75) is 50.6 Å². The van der Waals surface area contributed by atoms with Crippen molar-refractivity contribution >= 4 is 28.5 Å². The third-order valence-electron chi connectivity index (χ3n) is 6.68. The second-order valence-electron chi connectivity index (χ2n) is 8.99. The summed E-state index contributed by atoms with van der Waals surface area (Å²) < 4.78 is 0. The van der Waals surface area contributed by atoms with Crippen LogP contribution >= 0.6 is 11.6 Å². The Morgan fingerprint density at radius 2 is 2.06 bits per heavy atom. The molecule has 0 bridgehead atoms. The Hall–Kier alpha value is -2.15. The Bertz CT molecular complexity index is 1010. The molecule has 7 heteroatoms. The van der Waals surface area contributed by atoms with Crippen molar-refractivity contribution in [2.24, 2.45) is 5.92 Å². The van der Waals surface area contributed by atoms with Gasteiger partial charge in [-0.1, -0.05) is 11.6 Å². The Labute approximate surface area is 188 Å². The largest absolute Gasteiger partial charge is 0.367 e. The molecule has 0 amide bonds. The molecule has 2 aliphatic rings. The minimum absolute atomic E-state index is 0.416. The molecule has 164 valence electrons. The van der Waals surface area contributed by atoms with Crippen molar-refractivity contribution in [3.63, 3.8) is 0 Å². The Balaban J connectivity index is 1.25. The van der Waals surface area contributed by atoms with Crippen LogP contribution in [-0.4, -0.2) is 46.7 Å². The normalized spacial score (nSPS) is 24.4. The zero-order chi connectivity index (χ0) is 21.0. The molecule has 5 rings (SSSR count). The van der Waals surface area contributed by atoms with Crippen LogP contribution in [0.5, 0.6) is 0 Å². The second kappa shape index (κ2) is 9.55. The molecule has 1 aliphatic carbocycles. The average molecular weight is 439 g/mol. The van der Waals surface area contributed by atoms with Crippen LogP contribution < -0.4 is 16.0 Å². The summed E-state index contributed by atoms with van der Waals surface area (Å²) in [6.45, 7) is 3.45. The van der Waals surface area contributed by atoms with Gasteiger partial charge in [0.2, 0.25) is 0 Å². The van der Waals surface area contributed by atoms with Gasteiger partial charge in [-0.3, -0.25) is 0 Å². The molecule has 4 N–H and O–H groups in total. The molecule has 0 radical (unpaired) electrons. The lowest BCUT2D eigenvalue weighted by atomic mass is 9.90. The van der Waals surface area contributed by atoms with Crippen LogP contribution in [-0.2, 0) is 0 Å². The van der Waals surface area contributed by atoms with E-state index in [1.165, 1.54) is 38.6 Å². The van der Waals surface area contributed by atoms with Gasteiger partial charge in [-0.15, -0.1) is 0 Å². The van der Waals surface area contributed by atoms with Crippen LogP contribution in [0.4, 0.5) is 5.82 Å². The summed E-state index contributed by atoms with van der Waals surface area (Å²) >= 11 is 6.40. The SMILES string of the molecule is Clc1cc(-c2c[nH]c3ncccc23)cc(NC2CCCC(NCC3CCCNC3)C2)n1. The highest BCUT2D eigenvalue weighted by Crippen LogP contribution is 2.31. The first-order valence-electron chi connectivity index (χ1n) is 11.6. The minimum Gasteiger partial charge on any atom is -0.367 e. The molecule has 31 heavy (non-hydrogen) atoms. The average Bonchev–Trinajstić information content (AvgIpc) is 3.23. The number of rotatable bonds is 6. The maximum absolute atomic E-state index is 6.40. The molecule has 1 saturated carbocycles. The number of nitrogens with one attached hydrogen (secondary N) is 4. The van der Waals surface area contributed by atoms with Gasteiger partial charge < -0.3 is 20.9 Å². The Kier molecular flexibility index (Phi) is 6.39. The molecular formula is C24H31ClN6. The quantitative estimate of drug-likeness (QED) is 0.423. The van der Waals surface area contributed by atoms with E-state index in [0.717, 1.165) is 53.4 Å². The van der Waals surface area contributed by atoms with Crippen molar-refractivity contribution in [3.05, 3.63) is 41.8 Å². The van der Waals surface area contributed by atoms with Gasteiger partial charge in [0.25, 0.3) is 0 Å². The van der Waals surface area contributed by atoms with E-state index in [1.807, 2.05) is 18.3 Å². The number of hydrogen-bond donors (Lipinski definition) is 4. The number of nitrogens with zero attached hydrogens (tertiary/aromatic N) is 2. The second-order valence-corrected chi connectivity index (χ2v) is 9.38. The van der Waals surface area contributed by atoms with Crippen LogP contribution in [0.2, 0.25) is 5.15 Å². The number of fused-ring (bicyclic) bond motifs is 1. The molecule has 3 aromatic heterocycles. The van der Waals surface area contributed by atoms with Gasteiger partial charge >= 0.3 is 0 Å². The summed E-state index contributed by atoms with van der Waals surface area (Å²) in [5.74, 6) is 1.62. The molecule has 1 aliphatic heterocycles. The standard InChI is InChI=1S/C24H31ClN6/c25-22-10-17(21-15-29-24-20(21)7-3-9-27-24)11-23(31-22)30-19-6-1-5-18(12-19)28-14-16-4-2-8-26-13-16/h3,7,9-11,15-16,18-19,26,28H,1-2,4-6,8,12-14H2,(H,27,29)(H,30,31). The molecule has 0 aromatic carbocycles. The highest BCUT2D eigenvalue weighted by atomic mass is 35.5. The molecule has 0 spiro atoms. The van der Waals surface area contributed by atoms with Crippen LogP contribution in [0.3, 0.4) is 0 Å². The van der Waals surface area contributed by atoms with Gasteiger partial charge in [-0.05, 0) is 93.9 Å². The number of halogens is 1. The third-order valence-corrected chi connectivity index (χ3v) is 6.87. The summed E-state index contributed by atoms with van der Waals surface area (Å²) in [6, 6.07) is 9.05. The summed E-state index contributed by atoms with van der Waals surface area (Å²) in [5, 5.41) is 12.6. The zero-order valence-electron chi connectivity index (χ0n) is 17.8. The monoisotopic (exact) mass is 438 g/mol. The van der Waals surface area contributed by atoms with Gasteiger partial charge in [-0.25, -0.2) is 9.97 Å². The van der Waals surface area contributed by atoms with Crippen molar-refractivity contribution in [1.82, 2.24) is 25.6 Å². The van der Waals surface area contributed by atoms with E-state index in [0.29, 0.717) is 17.2 Å². The predicted octanol–water partition coefficient (Wildman–Crippen LogP) is 4.59. The third kappa shape index (κ3) is 5.03. The fourth-order valence-electron chi connectivity index (χ4n) is 5.07. The van der Waals surface area contributed by atoms with Crippen molar-refractivity contribution in [3.8, 4) is 11.1 Å². The van der Waals surface area contributed by atoms with E-state index in [4.69, 9.17) is 11.6 Å². The van der Waals surface area contributed by atoms with Crippen LogP contribution in [0.25, 0.3) is 22.2 Å². The number of pyridine rings is 2. The van der Waals surface area contributed by atoms with Crippen LogP contribution in [0, 0.1) is 5.92 Å². The lowest BCUT2D eigenvalue weighted by Gasteiger charge is -2.32. The topological polar surface area (TPSA) is 77.7 Å². The van der Waals surface area contributed by atoms with Gasteiger partial charge in [-0.2, -0.15) is 0 Å². The minimum atomic E-state index is 0.416. The van der Waals surface area contributed by atoms with Gasteiger partial charge in [0.15, 0.2) is 0 Å². The van der Waals surface area contributed by atoms with Crippen molar-refractivity contribution in [1.29, 1.82) is 0 Å². The fraction of sp³-hybridized carbons (Fsp3) is 0.500. The number of hydrogen-bond acceptors (Lipinski definition) is 5. The summed E-state index contributed by atoms with van der Waals surface area (Å²) in [4.78, 5) is 12.2. The lowest BCUT2D eigenvalue weighted by molar-refractivity contribution is 0.302. The maximum Gasteiger partial charge on any atom is 0.137 e. The number of H-pyrrole nitrogens is 1. The zero-order valence-corrected chi connectivity index (χ0v) is 18.6. The molecule has 3 aromatic rings. The van der Waals surface area contributed by atoms with Crippen molar-refractivity contribution < 1.29 is 0 Å². The van der Waals surface area contributed by atoms with Crippen molar-refractivity contribution in [2.75, 3.05) is 25.0 Å². The van der Waals surface area contributed by atoms with E-state index in [2.05, 4.69) is 43.0 Å². The van der Waals surface area contributed by atoms with E-state index in [1.54, 1.807) is 6.20 Å². The smallest absolute Gasteiger partial charge is 0.137 e. The van der Waals surface area contributed by atoms with Gasteiger partial charge in [0, 0.05) is 35.4 Å². The summed E-state index contributed by atoms with van der Waals surface area (Å²) in [7, 11) is 0. The molecule has 3 atom stereocenters. The first-order chi connectivity index (χ1) is 15.2. The van der Waals surface area contributed by atoms with Gasteiger partial charge in [0.1, 0.15) is 16.6 Å². The first kappa shape index (κ1) is 20.7. The van der Waals surface area contributed by atoms with E-state index < -0.39 is 0 Å². The van der Waals surface area contributed by atoms with E-state index in [-0.39, 0.29) is 0 Å². The fourth-order valence-corrected chi connectivity index (χ4v) is 5.28. The number of aromatic amines is 1. The number of aromatic nitrogens is 3. The molecule has 4 heterocycles. The maximum atomic E-state index is 6.40. The van der Waals surface area contributed by atoms with E-state index >= 15 is 0 Å². The summed E-state index contributed by atoms with van der Waals surface area (Å²) in [6.07, 6.45) is 11.2. The highest BCUT2D eigenvalue weighted by Gasteiger charge is 2.23. The number of anilines is 1. The molecule has 3 unspecified atom stereocenters. The predicted molar refractivity (Wildman–Crippen MR) is 128 cm³/mol. The molecular weight excluding hydrogens is 408 g/mol. The Morgan fingerprint density at radius 1 is 1.13 bits per heavy atom. The molecule has 2 fully saturated rings. The lowest BCUT2D eigenvalue weighted by Crippen LogP contribution is -2.43. The molecule has 1 saturated heterocycles. The van der Waals surface area contributed by atoms with Gasteiger partial charge in [0.05, 0.1) is 0 Å². The Morgan fingerprint density at radius 3 is 2.97 bits per heavy atom.